The second-order valence-corrected chi connectivity index (χ2v) is 7.70. The summed E-state index contributed by atoms with van der Waals surface area (Å²) in [7, 11) is 0. The summed E-state index contributed by atoms with van der Waals surface area (Å²) in [5, 5.41) is 0. The third-order valence-electron chi connectivity index (χ3n) is 5.35. The third-order valence-corrected chi connectivity index (χ3v) is 5.35. The highest BCUT2D eigenvalue weighted by atomic mass is 16.5. The van der Waals surface area contributed by atoms with Gasteiger partial charge in [0.15, 0.2) is 6.10 Å². The molecule has 0 aliphatic heterocycles. The number of hydrogen-bond acceptors (Lipinski definition) is 4. The van der Waals surface area contributed by atoms with E-state index in [-0.39, 0.29) is 11.9 Å². The Morgan fingerprint density at radius 3 is 2.22 bits per heavy atom. The molecule has 0 saturated heterocycles. The van der Waals surface area contributed by atoms with Crippen LogP contribution in [0.15, 0.2) is 60.7 Å². The van der Waals surface area contributed by atoms with E-state index in [1.54, 1.807) is 18.7 Å². The van der Waals surface area contributed by atoms with Crippen LogP contribution in [0.2, 0.25) is 0 Å². The predicted molar refractivity (Wildman–Crippen MR) is 123 cm³/mol. The molecule has 1 heterocycles. The summed E-state index contributed by atoms with van der Waals surface area (Å²) in [6.07, 6.45) is -0.662. The molecule has 1 aromatic heterocycles. The third kappa shape index (κ3) is 5.58. The summed E-state index contributed by atoms with van der Waals surface area (Å²) < 4.78 is 11.1. The molecule has 6 heteroatoms. The zero-order chi connectivity index (χ0) is 23.1. The van der Waals surface area contributed by atoms with E-state index in [0.29, 0.717) is 31.1 Å². The minimum atomic E-state index is -0.662. The smallest absolute Gasteiger partial charge is 0.355 e. The van der Waals surface area contributed by atoms with E-state index in [4.69, 9.17) is 9.47 Å². The average Bonchev–Trinajstić information content (AvgIpc) is 3.08. The molecule has 1 N–H and O–H groups in total. The van der Waals surface area contributed by atoms with Crippen molar-refractivity contribution in [1.29, 1.82) is 0 Å². The van der Waals surface area contributed by atoms with Gasteiger partial charge < -0.3 is 19.4 Å². The molecule has 3 aromatic rings. The molecule has 0 radical (unpaired) electrons. The first kappa shape index (κ1) is 23.1. The number of ether oxygens (including phenoxy) is 2. The van der Waals surface area contributed by atoms with Crippen molar-refractivity contribution in [3.8, 4) is 5.75 Å². The molecule has 0 fully saturated rings. The normalized spacial score (nSPS) is 11.6. The van der Waals surface area contributed by atoms with Crippen LogP contribution in [0.4, 0.5) is 0 Å². The second-order valence-electron chi connectivity index (χ2n) is 7.70. The average molecular weight is 435 g/mol. The molecule has 3 rings (SSSR count). The highest BCUT2D eigenvalue weighted by Gasteiger charge is 2.26. The topological polar surface area (TPSA) is 71.6 Å². The molecule has 0 bridgehead atoms. The number of carbonyl (C=O) groups is 2. The summed E-state index contributed by atoms with van der Waals surface area (Å²) >= 11 is 0. The number of esters is 1. The molecule has 1 atom stereocenters. The Kier molecular flexibility index (Phi) is 7.71. The monoisotopic (exact) mass is 434 g/mol. The Morgan fingerprint density at radius 1 is 0.969 bits per heavy atom. The number of carbonyl (C=O) groups excluding carboxylic acids is 2. The minimum Gasteiger partial charge on any atom is -0.481 e. The molecule has 0 saturated carbocycles. The number of nitrogens with zero attached hydrogens (tertiary/aromatic N) is 1. The van der Waals surface area contributed by atoms with Gasteiger partial charge in [-0.1, -0.05) is 48.5 Å². The van der Waals surface area contributed by atoms with Gasteiger partial charge in [0.25, 0.3) is 5.91 Å². The van der Waals surface area contributed by atoms with Crippen molar-refractivity contribution in [1.82, 2.24) is 9.88 Å². The number of amides is 1. The fraction of sp³-hybridized carbons (Fsp3) is 0.308. The Balaban J connectivity index is 1.86. The Labute approximate surface area is 189 Å². The van der Waals surface area contributed by atoms with E-state index >= 15 is 0 Å². The molecule has 2 aromatic carbocycles. The van der Waals surface area contributed by atoms with Crippen LogP contribution >= 0.6 is 0 Å². The van der Waals surface area contributed by atoms with Gasteiger partial charge in [0.05, 0.1) is 6.61 Å². The molecular weight excluding hydrogens is 404 g/mol. The number of hydrogen-bond donors (Lipinski definition) is 1. The first-order valence-electron chi connectivity index (χ1n) is 10.8. The lowest BCUT2D eigenvalue weighted by Gasteiger charge is -2.27. The number of rotatable bonds is 9. The predicted octanol–water partition coefficient (Wildman–Crippen LogP) is 4.80. The number of nitrogens with one attached hydrogen (secondary N) is 1. The van der Waals surface area contributed by atoms with E-state index in [1.165, 1.54) is 0 Å². The van der Waals surface area contributed by atoms with Crippen molar-refractivity contribution in [3.05, 3.63) is 88.7 Å². The van der Waals surface area contributed by atoms with Crippen molar-refractivity contribution < 1.29 is 19.1 Å². The first-order valence-corrected chi connectivity index (χ1v) is 10.8. The van der Waals surface area contributed by atoms with E-state index in [2.05, 4.69) is 4.98 Å². The molecule has 0 unspecified atom stereocenters. The fourth-order valence-electron chi connectivity index (χ4n) is 3.65. The number of aryl methyl sites for hydroxylation is 1. The van der Waals surface area contributed by atoms with Gasteiger partial charge in [0, 0.05) is 18.8 Å². The molecule has 32 heavy (non-hydrogen) atoms. The van der Waals surface area contributed by atoms with Crippen molar-refractivity contribution in [2.75, 3.05) is 6.61 Å². The summed E-state index contributed by atoms with van der Waals surface area (Å²) in [4.78, 5) is 30.6. The molecular formula is C26H30N2O4. The van der Waals surface area contributed by atoms with Crippen LogP contribution in [-0.4, -0.2) is 34.5 Å². The summed E-state index contributed by atoms with van der Waals surface area (Å²) in [5.41, 5.74) is 3.99. The molecule has 1 amide bonds. The molecule has 0 aliphatic rings. The highest BCUT2D eigenvalue weighted by molar-refractivity contribution is 5.90. The van der Waals surface area contributed by atoms with E-state index in [1.807, 2.05) is 74.5 Å². The van der Waals surface area contributed by atoms with E-state index < -0.39 is 6.10 Å². The fourth-order valence-corrected chi connectivity index (χ4v) is 3.65. The largest absolute Gasteiger partial charge is 0.481 e. The van der Waals surface area contributed by atoms with Gasteiger partial charge in [-0.25, -0.2) is 4.79 Å². The van der Waals surface area contributed by atoms with Crippen molar-refractivity contribution in [2.45, 2.75) is 46.9 Å². The maximum absolute atomic E-state index is 13.4. The zero-order valence-corrected chi connectivity index (χ0v) is 19.1. The highest BCUT2D eigenvalue weighted by Crippen LogP contribution is 2.23. The lowest BCUT2D eigenvalue weighted by molar-refractivity contribution is -0.139. The van der Waals surface area contributed by atoms with Gasteiger partial charge in [-0.15, -0.1) is 0 Å². The zero-order valence-electron chi connectivity index (χ0n) is 19.1. The van der Waals surface area contributed by atoms with Crippen LogP contribution < -0.4 is 4.74 Å². The molecule has 0 spiro atoms. The van der Waals surface area contributed by atoms with Crippen LogP contribution in [0.25, 0.3) is 0 Å². The van der Waals surface area contributed by atoms with Crippen molar-refractivity contribution >= 4 is 11.9 Å². The number of benzene rings is 2. The molecule has 0 aliphatic carbocycles. The van der Waals surface area contributed by atoms with Gasteiger partial charge in [-0.2, -0.15) is 0 Å². The van der Waals surface area contributed by atoms with Gasteiger partial charge in [0.2, 0.25) is 0 Å². The number of aromatic amines is 1. The lowest BCUT2D eigenvalue weighted by Crippen LogP contribution is -2.39. The molecule has 168 valence electrons. The van der Waals surface area contributed by atoms with Crippen LogP contribution in [0.1, 0.15) is 46.7 Å². The van der Waals surface area contributed by atoms with Crippen molar-refractivity contribution in [2.24, 2.45) is 0 Å². The standard InChI is InChI=1S/C26H30N2O4/c1-5-31-26(30)24-18(2)23(19(3)27-24)17-28(16-21-12-8-6-9-13-21)25(29)20(4)32-22-14-10-7-11-15-22/h6-15,20,27H,5,16-17H2,1-4H3/t20-/m1/s1. The summed E-state index contributed by atoms with van der Waals surface area (Å²) in [6, 6.07) is 19.1. The quantitative estimate of drug-likeness (QED) is 0.491. The summed E-state index contributed by atoms with van der Waals surface area (Å²) in [6.45, 7) is 8.40. The van der Waals surface area contributed by atoms with Gasteiger partial charge in [-0.3, -0.25) is 4.79 Å². The maximum atomic E-state index is 13.4. The Bertz CT molecular complexity index is 1040. The van der Waals surface area contributed by atoms with E-state index in [9.17, 15) is 9.59 Å². The summed E-state index contributed by atoms with van der Waals surface area (Å²) in [5.74, 6) is 0.128. The maximum Gasteiger partial charge on any atom is 0.355 e. The number of para-hydroxylation sites is 1. The van der Waals surface area contributed by atoms with E-state index in [0.717, 1.165) is 22.4 Å². The molecule has 6 nitrogen and oxygen atoms in total. The van der Waals surface area contributed by atoms with Crippen molar-refractivity contribution in [3.63, 3.8) is 0 Å². The van der Waals surface area contributed by atoms with Gasteiger partial charge >= 0.3 is 5.97 Å². The minimum absolute atomic E-state index is 0.129. The lowest BCUT2D eigenvalue weighted by atomic mass is 10.1. The van der Waals surface area contributed by atoms with Crippen LogP contribution in [0.3, 0.4) is 0 Å². The van der Waals surface area contributed by atoms with Crippen LogP contribution in [0, 0.1) is 13.8 Å². The Hall–Kier alpha value is -3.54. The van der Waals surface area contributed by atoms with Crippen LogP contribution in [0.5, 0.6) is 5.75 Å². The van der Waals surface area contributed by atoms with Gasteiger partial charge in [0.1, 0.15) is 11.4 Å². The first-order chi connectivity index (χ1) is 15.4. The number of aromatic nitrogens is 1. The SMILES string of the molecule is CCOC(=O)c1[nH]c(C)c(CN(Cc2ccccc2)C(=O)[C@@H](C)Oc2ccccc2)c1C. The Morgan fingerprint density at radius 2 is 1.59 bits per heavy atom. The second kappa shape index (κ2) is 10.7. The van der Waals surface area contributed by atoms with Gasteiger partial charge in [-0.05, 0) is 56.5 Å². The number of H-pyrrole nitrogens is 1. The van der Waals surface area contributed by atoms with Crippen LogP contribution in [-0.2, 0) is 22.6 Å².